The number of allylic oxidation sites excluding steroid dienone is 1. The monoisotopic (exact) mass is 668 g/mol. The maximum atomic E-state index is 14.4. The van der Waals surface area contributed by atoms with E-state index in [4.69, 9.17) is 5.41 Å². The Hall–Kier alpha value is -3.38. The zero-order valence-corrected chi connectivity index (χ0v) is 28.6. The van der Waals surface area contributed by atoms with Gasteiger partial charge in [-0.1, -0.05) is 0 Å². The molecule has 1 aromatic carbocycles. The van der Waals surface area contributed by atoms with Crippen LogP contribution < -0.4 is 20.9 Å². The van der Waals surface area contributed by atoms with Crippen LogP contribution in [-0.4, -0.2) is 98.6 Å². The van der Waals surface area contributed by atoms with Crippen molar-refractivity contribution in [1.29, 1.82) is 10.8 Å². The van der Waals surface area contributed by atoms with Crippen LogP contribution in [0.4, 0.5) is 14.5 Å². The molecule has 5 rings (SSSR count). The molecule has 4 heterocycles. The lowest BCUT2D eigenvalue weighted by atomic mass is 9.86. The van der Waals surface area contributed by atoms with E-state index in [0.29, 0.717) is 61.6 Å². The summed E-state index contributed by atoms with van der Waals surface area (Å²) in [6.07, 6.45) is 8.85. The fraction of sp³-hybridized carbons (Fsp3) is 0.667. The number of nitrogens with zero attached hydrogens (tertiary/aromatic N) is 3. The maximum absolute atomic E-state index is 14.4. The molecular formula is C36H54F2N8O2. The number of benzene rings is 1. The number of carbonyl (C=O) groups is 2. The highest BCUT2D eigenvalue weighted by molar-refractivity contribution is 6.09. The van der Waals surface area contributed by atoms with Crippen molar-refractivity contribution >= 4 is 35.1 Å². The summed E-state index contributed by atoms with van der Waals surface area (Å²) >= 11 is 0. The third kappa shape index (κ3) is 8.61. The predicted molar refractivity (Wildman–Crippen MR) is 187 cm³/mol. The summed E-state index contributed by atoms with van der Waals surface area (Å²) in [6, 6.07) is 3.41. The van der Waals surface area contributed by atoms with E-state index in [-0.39, 0.29) is 35.4 Å². The molecule has 0 bridgehead atoms. The van der Waals surface area contributed by atoms with Crippen molar-refractivity contribution in [1.82, 2.24) is 25.8 Å². The molecule has 0 aliphatic carbocycles. The third-order valence-corrected chi connectivity index (χ3v) is 10.8. The maximum Gasteiger partial charge on any atom is 0.264 e. The number of amides is 2. The van der Waals surface area contributed by atoms with E-state index in [1.165, 1.54) is 18.9 Å². The number of alkyl halides is 2. The smallest absolute Gasteiger partial charge is 0.264 e. The van der Waals surface area contributed by atoms with Gasteiger partial charge in [-0.2, -0.15) is 0 Å². The number of fused-ring (bicyclic) bond motifs is 1. The summed E-state index contributed by atoms with van der Waals surface area (Å²) in [5, 5.41) is 27.4. The lowest BCUT2D eigenvalue weighted by Crippen LogP contribution is -2.59. The van der Waals surface area contributed by atoms with Crippen LogP contribution in [-0.2, 0) is 16.0 Å². The van der Waals surface area contributed by atoms with Crippen molar-refractivity contribution in [3.8, 4) is 0 Å². The fourth-order valence-corrected chi connectivity index (χ4v) is 8.07. The number of anilines is 1. The minimum atomic E-state index is -2.74. The highest BCUT2D eigenvalue weighted by atomic mass is 19.3. The van der Waals surface area contributed by atoms with Crippen molar-refractivity contribution in [2.24, 2.45) is 11.8 Å². The van der Waals surface area contributed by atoms with Crippen LogP contribution in [0.5, 0.6) is 0 Å². The molecule has 12 heteroatoms. The van der Waals surface area contributed by atoms with Crippen molar-refractivity contribution in [2.45, 2.75) is 89.6 Å². The topological polar surface area (TPSA) is 128 Å². The number of aryl methyl sites for hydroxylation is 1. The Bertz CT molecular complexity index is 1340. The molecule has 1 aromatic rings. The van der Waals surface area contributed by atoms with Crippen LogP contribution in [0.25, 0.3) is 5.57 Å². The molecule has 10 nitrogen and oxygen atoms in total. The van der Waals surface area contributed by atoms with Gasteiger partial charge in [-0.25, -0.2) is 8.78 Å². The number of hydrogen-bond donors (Lipinski definition) is 5. The molecule has 0 saturated carbocycles. The summed E-state index contributed by atoms with van der Waals surface area (Å²) in [5.74, 6) is 0.988. The quantitative estimate of drug-likeness (QED) is 0.174. The first-order chi connectivity index (χ1) is 23.2. The Morgan fingerprint density at radius 1 is 1.06 bits per heavy atom. The first-order valence-corrected chi connectivity index (χ1v) is 17.9. The van der Waals surface area contributed by atoms with Gasteiger partial charge in [-0.3, -0.25) is 15.0 Å². The fourth-order valence-electron chi connectivity index (χ4n) is 8.07. The van der Waals surface area contributed by atoms with Gasteiger partial charge in [0.2, 0.25) is 11.8 Å². The van der Waals surface area contributed by atoms with Crippen LogP contribution in [0.2, 0.25) is 0 Å². The molecule has 2 amide bonds. The van der Waals surface area contributed by atoms with E-state index < -0.39 is 6.43 Å². The Morgan fingerprint density at radius 2 is 1.79 bits per heavy atom. The number of carbonyl (C=O) groups excluding carboxylic acids is 2. The van der Waals surface area contributed by atoms with Crippen molar-refractivity contribution < 1.29 is 18.4 Å². The molecule has 2 atom stereocenters. The molecule has 48 heavy (non-hydrogen) atoms. The lowest BCUT2D eigenvalue weighted by molar-refractivity contribution is -0.132. The largest absolute Gasteiger partial charge is 0.393 e. The second-order valence-corrected chi connectivity index (χ2v) is 13.9. The van der Waals surface area contributed by atoms with Gasteiger partial charge in [0.25, 0.3) is 6.43 Å². The van der Waals surface area contributed by atoms with Crippen molar-refractivity contribution in [3.63, 3.8) is 0 Å². The van der Waals surface area contributed by atoms with Crippen LogP contribution in [0.3, 0.4) is 0 Å². The number of rotatable bonds is 11. The molecule has 5 N–H and O–H groups in total. The minimum absolute atomic E-state index is 0.0302. The first kappa shape index (κ1) is 35.9. The molecule has 4 aliphatic heterocycles. The number of hydrogen-bond acceptors (Lipinski definition) is 7. The van der Waals surface area contributed by atoms with E-state index in [2.05, 4.69) is 16.0 Å². The Balaban J connectivity index is 1.26. The second kappa shape index (κ2) is 16.8. The van der Waals surface area contributed by atoms with E-state index in [0.717, 1.165) is 76.0 Å². The summed E-state index contributed by atoms with van der Waals surface area (Å²) in [7, 11) is 1.67. The SMILES string of the molecule is CN/C=C(\C=N)c1cc2c(cc1C(F)F)N(C(=N)C1CN(C(C)=O)CCC1NC1CCN(C(=O)CCCC3CCNCC3)CC1)CCC2. The molecule has 0 aromatic heterocycles. The van der Waals surface area contributed by atoms with Gasteiger partial charge >= 0.3 is 0 Å². The van der Waals surface area contributed by atoms with E-state index in [1.807, 2.05) is 9.80 Å². The van der Waals surface area contributed by atoms with Crippen LogP contribution >= 0.6 is 0 Å². The van der Waals surface area contributed by atoms with Crippen LogP contribution in [0.15, 0.2) is 18.3 Å². The molecular weight excluding hydrogens is 614 g/mol. The van der Waals surface area contributed by atoms with E-state index in [9.17, 15) is 23.8 Å². The zero-order chi connectivity index (χ0) is 34.2. The van der Waals surface area contributed by atoms with Crippen LogP contribution in [0, 0.1) is 22.7 Å². The number of halogens is 2. The molecule has 0 radical (unpaired) electrons. The van der Waals surface area contributed by atoms with E-state index in [1.54, 1.807) is 31.1 Å². The summed E-state index contributed by atoms with van der Waals surface area (Å²) in [6.45, 7) is 6.70. The highest BCUT2D eigenvalue weighted by Gasteiger charge is 2.38. The number of nitrogens with one attached hydrogen (secondary N) is 5. The normalized spacial score (nSPS) is 22.9. The summed E-state index contributed by atoms with van der Waals surface area (Å²) in [4.78, 5) is 31.1. The van der Waals surface area contributed by atoms with Gasteiger partial charge in [-0.05, 0) is 100 Å². The Labute approximate surface area is 284 Å². The van der Waals surface area contributed by atoms with Gasteiger partial charge in [0.05, 0.1) is 0 Å². The average Bonchev–Trinajstić information content (AvgIpc) is 3.10. The van der Waals surface area contributed by atoms with Gasteiger partial charge in [0, 0.05) is 100 Å². The summed E-state index contributed by atoms with van der Waals surface area (Å²) < 4.78 is 28.8. The Kier molecular flexibility index (Phi) is 12.6. The van der Waals surface area contributed by atoms with Gasteiger partial charge < -0.3 is 36.1 Å². The van der Waals surface area contributed by atoms with Crippen molar-refractivity contribution in [3.05, 3.63) is 35.0 Å². The molecule has 4 aliphatic rings. The summed E-state index contributed by atoms with van der Waals surface area (Å²) in [5.41, 5.74) is 2.04. The van der Waals surface area contributed by atoms with Crippen molar-refractivity contribution in [2.75, 3.05) is 57.8 Å². The molecule has 264 valence electrons. The first-order valence-electron chi connectivity index (χ1n) is 17.9. The van der Waals surface area contributed by atoms with Gasteiger partial charge in [0.1, 0.15) is 5.84 Å². The van der Waals surface area contributed by atoms with Crippen LogP contribution in [0.1, 0.15) is 87.8 Å². The molecule has 3 fully saturated rings. The predicted octanol–water partition coefficient (Wildman–Crippen LogP) is 4.55. The van der Waals surface area contributed by atoms with Gasteiger partial charge in [0.15, 0.2) is 0 Å². The average molecular weight is 669 g/mol. The molecule has 2 unspecified atom stereocenters. The number of amidine groups is 1. The third-order valence-electron chi connectivity index (χ3n) is 10.8. The molecule has 0 spiro atoms. The number of likely N-dealkylation sites (tertiary alicyclic amines) is 2. The zero-order valence-electron chi connectivity index (χ0n) is 28.6. The molecule has 3 saturated heterocycles. The van der Waals surface area contributed by atoms with E-state index >= 15 is 0 Å². The Morgan fingerprint density at radius 3 is 2.46 bits per heavy atom. The number of piperidine rings is 3. The highest BCUT2D eigenvalue weighted by Crippen LogP contribution is 2.38. The minimum Gasteiger partial charge on any atom is -0.393 e. The van der Waals surface area contributed by atoms with Gasteiger partial charge in [-0.15, -0.1) is 0 Å². The second-order valence-electron chi connectivity index (χ2n) is 13.9. The lowest BCUT2D eigenvalue weighted by Gasteiger charge is -2.45. The standard InChI is InChI=1S/C36H54F2N8O2/c1-24(47)45-18-12-32(43-28-10-16-44(17-11-28)34(48)7-3-5-25-8-13-42-14-9-25)31(23-45)36(40)46-15-4-6-26-19-29(27(21-39)22-41-2)30(35(37)38)20-33(26)46/h19-22,25,28,31-32,35,39-43H,3-18,23H2,1-2H3/b27-22+,39-21?,40-36?.